The van der Waals surface area contributed by atoms with Crippen LogP contribution in [0, 0.1) is 0 Å². The maximum Gasteiger partial charge on any atom is 0.418 e. The molecule has 0 unspecified atom stereocenters. The minimum atomic E-state index is -4.68. The molecule has 0 aliphatic heterocycles. The molecular weight excluding hydrogens is 457 g/mol. The summed E-state index contributed by atoms with van der Waals surface area (Å²) in [5, 5.41) is 5.51. The van der Waals surface area contributed by atoms with Gasteiger partial charge < -0.3 is 10.6 Å². The van der Waals surface area contributed by atoms with Crippen LogP contribution < -0.4 is 16.2 Å². The van der Waals surface area contributed by atoms with Crippen LogP contribution in [-0.2, 0) is 12.7 Å². The van der Waals surface area contributed by atoms with E-state index in [1.54, 1.807) is 42.5 Å². The molecule has 4 rings (SSSR count). The van der Waals surface area contributed by atoms with Crippen LogP contribution in [0.5, 0.6) is 0 Å². The summed E-state index contributed by atoms with van der Waals surface area (Å²) in [5.74, 6) is -0.523. The van der Waals surface area contributed by atoms with E-state index in [1.165, 1.54) is 28.8 Å². The van der Waals surface area contributed by atoms with Crippen LogP contribution in [0.15, 0.2) is 77.7 Å². The van der Waals surface area contributed by atoms with Gasteiger partial charge in [0.05, 0.1) is 22.8 Å². The third-order valence-corrected chi connectivity index (χ3v) is 4.98. The number of alkyl halides is 3. The number of hydrogen-bond donors (Lipinski definition) is 2. The predicted molar refractivity (Wildman–Crippen MR) is 120 cm³/mol. The predicted octanol–water partition coefficient (Wildman–Crippen LogP) is 5.23. The third kappa shape index (κ3) is 5.15. The second-order valence-corrected chi connectivity index (χ2v) is 7.53. The van der Waals surface area contributed by atoms with Crippen molar-refractivity contribution in [1.29, 1.82) is 0 Å². The number of anilines is 2. The van der Waals surface area contributed by atoms with Gasteiger partial charge in [0.25, 0.3) is 11.5 Å². The Bertz CT molecular complexity index is 1390. The Morgan fingerprint density at radius 2 is 1.79 bits per heavy atom. The standard InChI is InChI=1S/C23H16ClF3N4O2/c24-15-6-9-20-29-17(11-21(32)31(20)13-15)12-28-19-8-7-16(10-18(19)23(25,26)27)30-22(33)14-4-2-1-3-5-14/h1-11,13,28H,12H2,(H,30,33). The highest BCUT2D eigenvalue weighted by molar-refractivity contribution is 6.30. The smallest absolute Gasteiger partial charge is 0.379 e. The van der Waals surface area contributed by atoms with Gasteiger partial charge in [-0.05, 0) is 42.5 Å². The van der Waals surface area contributed by atoms with Crippen molar-refractivity contribution in [3.63, 3.8) is 0 Å². The number of fused-ring (bicyclic) bond motifs is 1. The molecule has 1 amide bonds. The van der Waals surface area contributed by atoms with Gasteiger partial charge in [-0.2, -0.15) is 13.2 Å². The number of benzene rings is 2. The van der Waals surface area contributed by atoms with Gasteiger partial charge >= 0.3 is 6.18 Å². The lowest BCUT2D eigenvalue weighted by Gasteiger charge is -2.16. The van der Waals surface area contributed by atoms with Gasteiger partial charge in [0.15, 0.2) is 0 Å². The summed E-state index contributed by atoms with van der Waals surface area (Å²) in [7, 11) is 0. The molecule has 0 aliphatic rings. The van der Waals surface area contributed by atoms with Crippen molar-refractivity contribution >= 4 is 34.5 Å². The van der Waals surface area contributed by atoms with Gasteiger partial charge in [-0.25, -0.2) is 4.98 Å². The third-order valence-electron chi connectivity index (χ3n) is 4.76. The molecule has 4 aromatic rings. The van der Waals surface area contributed by atoms with E-state index in [1.807, 2.05) is 0 Å². The number of carbonyl (C=O) groups is 1. The van der Waals surface area contributed by atoms with E-state index in [9.17, 15) is 22.8 Å². The van der Waals surface area contributed by atoms with Crippen LogP contribution in [0.25, 0.3) is 5.65 Å². The number of pyridine rings is 1. The molecule has 0 bridgehead atoms. The van der Waals surface area contributed by atoms with Crippen molar-refractivity contribution in [2.75, 3.05) is 10.6 Å². The van der Waals surface area contributed by atoms with Crippen molar-refractivity contribution in [1.82, 2.24) is 9.38 Å². The average molecular weight is 473 g/mol. The first-order valence-electron chi connectivity index (χ1n) is 9.70. The Kier molecular flexibility index (Phi) is 6.06. The average Bonchev–Trinajstić information content (AvgIpc) is 2.78. The molecule has 2 aromatic heterocycles. The molecule has 0 spiro atoms. The molecule has 33 heavy (non-hydrogen) atoms. The number of halogens is 4. The summed E-state index contributed by atoms with van der Waals surface area (Å²) in [6.07, 6.45) is -3.27. The minimum Gasteiger partial charge on any atom is -0.379 e. The molecule has 0 radical (unpaired) electrons. The highest BCUT2D eigenvalue weighted by Gasteiger charge is 2.34. The van der Waals surface area contributed by atoms with Gasteiger partial charge in [0.1, 0.15) is 5.65 Å². The van der Waals surface area contributed by atoms with Gasteiger partial charge in [0, 0.05) is 29.2 Å². The molecule has 0 aliphatic carbocycles. The van der Waals surface area contributed by atoms with Crippen molar-refractivity contribution in [3.8, 4) is 0 Å². The molecule has 2 N–H and O–H groups in total. The number of nitrogens with one attached hydrogen (secondary N) is 2. The van der Waals surface area contributed by atoms with Crippen LogP contribution >= 0.6 is 11.6 Å². The summed E-state index contributed by atoms with van der Waals surface area (Å²) >= 11 is 5.88. The monoisotopic (exact) mass is 472 g/mol. The Balaban J connectivity index is 1.57. The Morgan fingerprint density at radius 3 is 2.52 bits per heavy atom. The first kappa shape index (κ1) is 22.3. The fourth-order valence-electron chi connectivity index (χ4n) is 3.21. The maximum absolute atomic E-state index is 13.7. The second-order valence-electron chi connectivity index (χ2n) is 7.09. The van der Waals surface area contributed by atoms with Crippen molar-refractivity contribution in [2.24, 2.45) is 0 Å². The van der Waals surface area contributed by atoms with Gasteiger partial charge in [0.2, 0.25) is 0 Å². The number of rotatable bonds is 5. The number of aromatic nitrogens is 2. The maximum atomic E-state index is 13.7. The molecule has 168 valence electrons. The zero-order valence-corrected chi connectivity index (χ0v) is 17.6. The quantitative estimate of drug-likeness (QED) is 0.417. The van der Waals surface area contributed by atoms with Gasteiger partial charge in [-0.15, -0.1) is 0 Å². The molecule has 6 nitrogen and oxygen atoms in total. The first-order valence-corrected chi connectivity index (χ1v) is 10.1. The van der Waals surface area contributed by atoms with Crippen LogP contribution in [0.2, 0.25) is 5.02 Å². The van der Waals surface area contributed by atoms with E-state index in [0.717, 1.165) is 6.07 Å². The molecule has 0 fully saturated rings. The van der Waals surface area contributed by atoms with Crippen molar-refractivity contribution < 1.29 is 18.0 Å². The fraction of sp³-hybridized carbons (Fsp3) is 0.0870. The number of nitrogens with zero attached hydrogens (tertiary/aromatic N) is 2. The Morgan fingerprint density at radius 1 is 1.03 bits per heavy atom. The largest absolute Gasteiger partial charge is 0.418 e. The highest BCUT2D eigenvalue weighted by Crippen LogP contribution is 2.37. The number of amides is 1. The summed E-state index contributed by atoms with van der Waals surface area (Å²) in [6.45, 7) is -0.118. The number of hydrogen-bond acceptors (Lipinski definition) is 4. The van der Waals surface area contributed by atoms with Crippen LogP contribution in [-0.4, -0.2) is 15.3 Å². The van der Waals surface area contributed by atoms with Crippen molar-refractivity contribution in [3.05, 3.63) is 105 Å². The zero-order chi connectivity index (χ0) is 23.6. The van der Waals surface area contributed by atoms with Gasteiger partial charge in [-0.1, -0.05) is 29.8 Å². The second kappa shape index (κ2) is 8.95. The minimum absolute atomic E-state index is 0.000631. The van der Waals surface area contributed by atoms with Crippen LogP contribution in [0.3, 0.4) is 0 Å². The molecule has 0 atom stereocenters. The summed E-state index contributed by atoms with van der Waals surface area (Å²) in [6, 6.07) is 15.9. The summed E-state index contributed by atoms with van der Waals surface area (Å²) in [5.41, 5.74) is -0.676. The van der Waals surface area contributed by atoms with E-state index in [2.05, 4.69) is 15.6 Å². The van der Waals surface area contributed by atoms with E-state index in [4.69, 9.17) is 11.6 Å². The van der Waals surface area contributed by atoms with E-state index >= 15 is 0 Å². The fourth-order valence-corrected chi connectivity index (χ4v) is 3.37. The van der Waals surface area contributed by atoms with Crippen LogP contribution in [0.1, 0.15) is 21.6 Å². The molecule has 2 heterocycles. The lowest BCUT2D eigenvalue weighted by molar-refractivity contribution is -0.136. The molecule has 10 heteroatoms. The molecular formula is C23H16ClF3N4O2. The van der Waals surface area contributed by atoms with E-state index in [-0.39, 0.29) is 23.6 Å². The zero-order valence-electron chi connectivity index (χ0n) is 16.9. The lowest BCUT2D eigenvalue weighted by Crippen LogP contribution is -2.18. The molecule has 0 saturated carbocycles. The van der Waals surface area contributed by atoms with Crippen molar-refractivity contribution in [2.45, 2.75) is 12.7 Å². The van der Waals surface area contributed by atoms with Gasteiger partial charge in [-0.3, -0.25) is 14.0 Å². The normalized spacial score (nSPS) is 11.4. The van der Waals surface area contributed by atoms with E-state index in [0.29, 0.717) is 16.2 Å². The molecule has 0 saturated heterocycles. The lowest BCUT2D eigenvalue weighted by atomic mass is 10.1. The topological polar surface area (TPSA) is 75.5 Å². The Labute approximate surface area is 190 Å². The summed E-state index contributed by atoms with van der Waals surface area (Å²) in [4.78, 5) is 28.8. The first-order chi connectivity index (χ1) is 15.7. The Hall–Kier alpha value is -3.85. The van der Waals surface area contributed by atoms with E-state index < -0.39 is 23.2 Å². The summed E-state index contributed by atoms with van der Waals surface area (Å²) < 4.78 is 42.3. The number of carbonyl (C=O) groups excluding carboxylic acids is 1. The SMILES string of the molecule is O=C(Nc1ccc(NCc2cc(=O)n3cc(Cl)ccc3n2)c(C(F)(F)F)c1)c1ccccc1. The molecule has 2 aromatic carbocycles. The van der Waals surface area contributed by atoms with Crippen LogP contribution in [0.4, 0.5) is 24.5 Å². The highest BCUT2D eigenvalue weighted by atomic mass is 35.5.